The second kappa shape index (κ2) is 11.5. The van der Waals surface area contributed by atoms with Gasteiger partial charge in [-0.2, -0.15) is 13.2 Å². The van der Waals surface area contributed by atoms with Crippen molar-refractivity contribution in [1.29, 1.82) is 0 Å². The number of guanidine groups is 1. The first-order valence-electron chi connectivity index (χ1n) is 9.38. The second-order valence-corrected chi connectivity index (χ2v) is 7.28. The number of halogens is 4. The molecule has 154 valence electrons. The SMILES string of the molecule is CCNC(=NCCC1CCN(C)CC1)NC1CCN(CC(F)(F)F)C1.I. The van der Waals surface area contributed by atoms with Crippen LogP contribution in [0.15, 0.2) is 4.99 Å². The average molecular weight is 491 g/mol. The largest absolute Gasteiger partial charge is 0.401 e. The molecule has 26 heavy (non-hydrogen) atoms. The van der Waals surface area contributed by atoms with Crippen molar-refractivity contribution >= 4 is 29.9 Å². The Balaban J connectivity index is 0.00000338. The normalized spacial score (nSPS) is 23.7. The van der Waals surface area contributed by atoms with Gasteiger partial charge in [-0.3, -0.25) is 9.89 Å². The van der Waals surface area contributed by atoms with Gasteiger partial charge >= 0.3 is 6.18 Å². The number of likely N-dealkylation sites (tertiary alicyclic amines) is 2. The Labute approximate surface area is 172 Å². The minimum Gasteiger partial charge on any atom is -0.357 e. The van der Waals surface area contributed by atoms with Gasteiger partial charge in [-0.25, -0.2) is 0 Å². The zero-order valence-electron chi connectivity index (χ0n) is 15.8. The van der Waals surface area contributed by atoms with E-state index in [9.17, 15) is 13.2 Å². The van der Waals surface area contributed by atoms with Crippen molar-refractivity contribution in [2.45, 2.75) is 44.8 Å². The number of rotatable bonds is 6. The topological polar surface area (TPSA) is 42.9 Å². The van der Waals surface area contributed by atoms with Crippen LogP contribution in [0.2, 0.25) is 0 Å². The van der Waals surface area contributed by atoms with Gasteiger partial charge in [0.15, 0.2) is 5.96 Å². The van der Waals surface area contributed by atoms with Crippen molar-refractivity contribution in [3.63, 3.8) is 0 Å². The van der Waals surface area contributed by atoms with Crippen LogP contribution in [0.3, 0.4) is 0 Å². The Hall–Kier alpha value is -0.290. The summed E-state index contributed by atoms with van der Waals surface area (Å²) < 4.78 is 37.5. The summed E-state index contributed by atoms with van der Waals surface area (Å²) in [7, 11) is 2.16. The van der Waals surface area contributed by atoms with Crippen LogP contribution in [0.25, 0.3) is 0 Å². The Morgan fingerprint density at radius 3 is 2.46 bits per heavy atom. The van der Waals surface area contributed by atoms with E-state index in [1.807, 2.05) is 6.92 Å². The zero-order chi connectivity index (χ0) is 18.3. The van der Waals surface area contributed by atoms with Crippen molar-refractivity contribution in [2.24, 2.45) is 10.9 Å². The fraction of sp³-hybridized carbons (Fsp3) is 0.941. The lowest BCUT2D eigenvalue weighted by molar-refractivity contribution is -0.143. The molecule has 2 rings (SSSR count). The lowest BCUT2D eigenvalue weighted by Crippen LogP contribution is -2.45. The summed E-state index contributed by atoms with van der Waals surface area (Å²) in [4.78, 5) is 8.45. The fourth-order valence-electron chi connectivity index (χ4n) is 3.57. The van der Waals surface area contributed by atoms with Crippen LogP contribution in [0.1, 0.15) is 32.6 Å². The third kappa shape index (κ3) is 9.07. The molecule has 0 aromatic carbocycles. The molecule has 0 radical (unpaired) electrons. The molecule has 0 amide bonds. The van der Waals surface area contributed by atoms with E-state index in [2.05, 4.69) is 27.6 Å². The van der Waals surface area contributed by atoms with Crippen molar-refractivity contribution < 1.29 is 13.2 Å². The molecule has 2 aliphatic heterocycles. The number of hydrogen-bond acceptors (Lipinski definition) is 3. The number of nitrogens with zero attached hydrogens (tertiary/aromatic N) is 3. The van der Waals surface area contributed by atoms with Gasteiger partial charge in [-0.15, -0.1) is 24.0 Å². The highest BCUT2D eigenvalue weighted by atomic mass is 127. The molecular formula is C17H33F3IN5. The third-order valence-corrected chi connectivity index (χ3v) is 5.01. The van der Waals surface area contributed by atoms with Gasteiger partial charge in [0, 0.05) is 32.2 Å². The van der Waals surface area contributed by atoms with E-state index in [-0.39, 0.29) is 30.0 Å². The van der Waals surface area contributed by atoms with Gasteiger partial charge < -0.3 is 15.5 Å². The van der Waals surface area contributed by atoms with Crippen molar-refractivity contribution in [3.8, 4) is 0 Å². The molecule has 0 saturated carbocycles. The first-order chi connectivity index (χ1) is 11.9. The number of nitrogens with one attached hydrogen (secondary N) is 2. The van der Waals surface area contributed by atoms with Crippen molar-refractivity contribution in [2.75, 3.05) is 52.9 Å². The Morgan fingerprint density at radius 2 is 1.85 bits per heavy atom. The molecule has 0 bridgehead atoms. The molecule has 2 fully saturated rings. The number of hydrogen-bond donors (Lipinski definition) is 2. The minimum absolute atomic E-state index is 0. The maximum Gasteiger partial charge on any atom is 0.401 e. The van der Waals surface area contributed by atoms with Gasteiger partial charge in [-0.1, -0.05) is 0 Å². The Morgan fingerprint density at radius 1 is 1.15 bits per heavy atom. The van der Waals surface area contributed by atoms with Gasteiger partial charge in [0.05, 0.1) is 6.54 Å². The molecule has 9 heteroatoms. The minimum atomic E-state index is -4.12. The number of piperidine rings is 1. The van der Waals surface area contributed by atoms with Crippen LogP contribution >= 0.6 is 24.0 Å². The van der Waals surface area contributed by atoms with E-state index in [0.717, 1.165) is 50.9 Å². The first kappa shape index (κ1) is 23.7. The van der Waals surface area contributed by atoms with Gasteiger partial charge in [0.1, 0.15) is 0 Å². The maximum absolute atomic E-state index is 12.5. The predicted octanol–water partition coefficient (Wildman–Crippen LogP) is 2.53. The monoisotopic (exact) mass is 491 g/mol. The van der Waals surface area contributed by atoms with E-state index in [1.165, 1.54) is 17.7 Å². The molecule has 5 nitrogen and oxygen atoms in total. The van der Waals surface area contributed by atoms with Crippen LogP contribution in [0, 0.1) is 5.92 Å². The van der Waals surface area contributed by atoms with Crippen LogP contribution < -0.4 is 10.6 Å². The predicted molar refractivity (Wildman–Crippen MR) is 110 cm³/mol. The van der Waals surface area contributed by atoms with Crippen LogP contribution in [0.5, 0.6) is 0 Å². The molecule has 2 N–H and O–H groups in total. The van der Waals surface area contributed by atoms with Gasteiger partial charge in [0.2, 0.25) is 0 Å². The summed E-state index contributed by atoms with van der Waals surface area (Å²) >= 11 is 0. The molecule has 0 aromatic heterocycles. The lowest BCUT2D eigenvalue weighted by Gasteiger charge is -2.28. The molecular weight excluding hydrogens is 458 g/mol. The molecule has 2 saturated heterocycles. The van der Waals surface area contributed by atoms with E-state index >= 15 is 0 Å². The smallest absolute Gasteiger partial charge is 0.357 e. The summed E-state index contributed by atoms with van der Waals surface area (Å²) in [6, 6.07) is 0.0310. The standard InChI is InChI=1S/C17H32F3N5.HI/c1-3-21-16(22-8-4-14-5-9-24(2)10-6-14)23-15-7-11-25(12-15)13-17(18,19)20;/h14-15H,3-13H2,1-2H3,(H2,21,22,23);1H. The number of alkyl halides is 3. The summed E-state index contributed by atoms with van der Waals surface area (Å²) in [5.41, 5.74) is 0. The zero-order valence-corrected chi connectivity index (χ0v) is 18.1. The van der Waals surface area contributed by atoms with Crippen molar-refractivity contribution in [3.05, 3.63) is 0 Å². The quantitative estimate of drug-likeness (QED) is 0.341. The summed E-state index contributed by atoms with van der Waals surface area (Å²) in [5, 5.41) is 6.51. The summed E-state index contributed by atoms with van der Waals surface area (Å²) in [6.45, 7) is 5.90. The molecule has 0 spiro atoms. The third-order valence-electron chi connectivity index (χ3n) is 5.01. The van der Waals surface area contributed by atoms with Crippen molar-refractivity contribution in [1.82, 2.24) is 20.4 Å². The fourth-order valence-corrected chi connectivity index (χ4v) is 3.57. The Kier molecular flexibility index (Phi) is 10.5. The van der Waals surface area contributed by atoms with E-state index < -0.39 is 12.7 Å². The second-order valence-electron chi connectivity index (χ2n) is 7.28. The highest BCUT2D eigenvalue weighted by Gasteiger charge is 2.34. The average Bonchev–Trinajstić information content (AvgIpc) is 2.94. The van der Waals surface area contributed by atoms with E-state index in [4.69, 9.17) is 0 Å². The highest BCUT2D eigenvalue weighted by molar-refractivity contribution is 14.0. The molecule has 2 aliphatic rings. The molecule has 1 unspecified atom stereocenters. The molecule has 2 heterocycles. The van der Waals surface area contributed by atoms with Crippen LogP contribution in [-0.4, -0.2) is 80.8 Å². The maximum atomic E-state index is 12.5. The van der Waals surface area contributed by atoms with Crippen LogP contribution in [-0.2, 0) is 0 Å². The molecule has 0 aliphatic carbocycles. The molecule has 1 atom stereocenters. The molecule has 0 aromatic rings. The first-order valence-corrected chi connectivity index (χ1v) is 9.38. The number of aliphatic imine (C=N–C) groups is 1. The lowest BCUT2D eigenvalue weighted by atomic mass is 9.94. The van der Waals surface area contributed by atoms with E-state index in [1.54, 1.807) is 0 Å². The summed E-state index contributed by atoms with van der Waals surface area (Å²) in [6.07, 6.45) is 0.127. The van der Waals surface area contributed by atoms with Gasteiger partial charge in [0.25, 0.3) is 0 Å². The highest BCUT2D eigenvalue weighted by Crippen LogP contribution is 2.20. The Bertz CT molecular complexity index is 425. The van der Waals surface area contributed by atoms with Gasteiger partial charge in [-0.05, 0) is 58.7 Å². The van der Waals surface area contributed by atoms with E-state index in [0.29, 0.717) is 13.1 Å². The van der Waals surface area contributed by atoms with Crippen LogP contribution in [0.4, 0.5) is 13.2 Å². The summed E-state index contributed by atoms with van der Waals surface area (Å²) in [5.74, 6) is 1.46.